The fraction of sp³-hybridized carbons (Fsp3) is 0.438. The predicted octanol–water partition coefficient (Wildman–Crippen LogP) is 3.69. The van der Waals surface area contributed by atoms with Gasteiger partial charge in [-0.3, -0.25) is 0 Å². The van der Waals surface area contributed by atoms with Crippen LogP contribution in [-0.2, 0) is 12.8 Å². The summed E-state index contributed by atoms with van der Waals surface area (Å²) >= 11 is 1.76. The van der Waals surface area contributed by atoms with Gasteiger partial charge in [-0.05, 0) is 31.4 Å². The van der Waals surface area contributed by atoms with Gasteiger partial charge in [0, 0.05) is 24.0 Å². The molecule has 19 heavy (non-hydrogen) atoms. The maximum Gasteiger partial charge on any atom is 0.0940 e. The second-order valence-electron chi connectivity index (χ2n) is 4.76. The summed E-state index contributed by atoms with van der Waals surface area (Å²) in [5.41, 5.74) is 1.44. The lowest BCUT2D eigenvalue weighted by molar-refractivity contribution is 0.475. The lowest BCUT2D eigenvalue weighted by atomic mass is 10.0. The monoisotopic (exact) mass is 274 g/mol. The number of likely N-dealkylation sites (N-methyl/N-ethyl adjacent to an activating group) is 1. The minimum absolute atomic E-state index is 0.555. The van der Waals surface area contributed by atoms with Crippen LogP contribution in [0.3, 0.4) is 0 Å². The lowest BCUT2D eigenvalue weighted by Gasteiger charge is -2.16. The van der Waals surface area contributed by atoms with Crippen LogP contribution in [0, 0.1) is 0 Å². The highest BCUT2D eigenvalue weighted by molar-refractivity contribution is 7.09. The predicted molar refractivity (Wildman–Crippen MR) is 82.7 cm³/mol. The topological polar surface area (TPSA) is 24.9 Å². The van der Waals surface area contributed by atoms with Crippen molar-refractivity contribution < 1.29 is 0 Å². The molecular weight excluding hydrogens is 252 g/mol. The number of nitrogens with zero attached hydrogens (tertiary/aromatic N) is 1. The van der Waals surface area contributed by atoms with E-state index in [9.17, 15) is 0 Å². The smallest absolute Gasteiger partial charge is 0.0940 e. The Morgan fingerprint density at radius 3 is 2.79 bits per heavy atom. The van der Waals surface area contributed by atoms with Crippen LogP contribution in [0.25, 0.3) is 0 Å². The molecule has 1 N–H and O–H groups in total. The first kappa shape index (κ1) is 14.2. The van der Waals surface area contributed by atoms with Crippen LogP contribution >= 0.6 is 11.3 Å². The second-order valence-corrected chi connectivity index (χ2v) is 5.74. The van der Waals surface area contributed by atoms with Crippen LogP contribution in [0.5, 0.6) is 0 Å². The third-order valence-electron chi connectivity index (χ3n) is 3.26. The van der Waals surface area contributed by atoms with Crippen LogP contribution in [0.1, 0.15) is 30.3 Å². The molecule has 1 aromatic carbocycles. The Bertz CT molecular complexity index is 439. The van der Waals surface area contributed by atoms with Gasteiger partial charge in [-0.2, -0.15) is 0 Å². The highest BCUT2D eigenvalue weighted by Crippen LogP contribution is 2.12. The summed E-state index contributed by atoms with van der Waals surface area (Å²) in [7, 11) is 0. The van der Waals surface area contributed by atoms with Crippen LogP contribution in [-0.4, -0.2) is 17.6 Å². The van der Waals surface area contributed by atoms with Crippen LogP contribution in [0.15, 0.2) is 41.9 Å². The molecule has 0 amide bonds. The zero-order valence-electron chi connectivity index (χ0n) is 11.5. The largest absolute Gasteiger partial charge is 0.314 e. The van der Waals surface area contributed by atoms with E-state index in [2.05, 4.69) is 52.9 Å². The molecule has 1 unspecified atom stereocenters. The van der Waals surface area contributed by atoms with Crippen LogP contribution in [0.2, 0.25) is 0 Å². The molecule has 1 aromatic heterocycles. The number of nitrogens with one attached hydrogen (secondary N) is 1. The molecular formula is C16H22N2S. The van der Waals surface area contributed by atoms with Crippen molar-refractivity contribution >= 4 is 11.3 Å². The van der Waals surface area contributed by atoms with Crippen molar-refractivity contribution in [3.05, 3.63) is 52.5 Å². The Morgan fingerprint density at radius 2 is 2.11 bits per heavy atom. The lowest BCUT2D eigenvalue weighted by Crippen LogP contribution is -2.31. The number of aryl methyl sites for hydroxylation is 1. The van der Waals surface area contributed by atoms with Crippen molar-refractivity contribution in [1.29, 1.82) is 0 Å². The van der Waals surface area contributed by atoms with Gasteiger partial charge >= 0.3 is 0 Å². The van der Waals surface area contributed by atoms with Crippen molar-refractivity contribution in [1.82, 2.24) is 10.3 Å². The van der Waals surface area contributed by atoms with E-state index in [-0.39, 0.29) is 0 Å². The summed E-state index contributed by atoms with van der Waals surface area (Å²) < 4.78 is 0. The summed E-state index contributed by atoms with van der Waals surface area (Å²) in [6, 6.07) is 11.3. The van der Waals surface area contributed by atoms with E-state index in [1.807, 2.05) is 6.20 Å². The molecule has 0 fully saturated rings. The Balaban J connectivity index is 1.77. The molecule has 102 valence electrons. The van der Waals surface area contributed by atoms with E-state index in [1.165, 1.54) is 29.8 Å². The van der Waals surface area contributed by atoms with E-state index in [1.54, 1.807) is 11.3 Å². The van der Waals surface area contributed by atoms with Gasteiger partial charge in [0.05, 0.1) is 5.01 Å². The quantitative estimate of drug-likeness (QED) is 0.794. The number of aromatic nitrogens is 1. The zero-order chi connectivity index (χ0) is 13.3. The van der Waals surface area contributed by atoms with E-state index in [0.29, 0.717) is 6.04 Å². The standard InChI is InChI=1S/C16H22N2S/c1-2-17-15(13-16-18-11-12-19-16)10-6-9-14-7-4-3-5-8-14/h3-5,7-8,11-12,15,17H,2,6,9-10,13H2,1H3. The molecule has 0 saturated carbocycles. The van der Waals surface area contributed by atoms with Crippen molar-refractivity contribution in [2.24, 2.45) is 0 Å². The molecule has 0 bridgehead atoms. The van der Waals surface area contributed by atoms with Crippen LogP contribution < -0.4 is 5.32 Å². The number of rotatable bonds is 8. The molecule has 0 aliphatic heterocycles. The highest BCUT2D eigenvalue weighted by Gasteiger charge is 2.09. The van der Waals surface area contributed by atoms with Gasteiger partial charge in [0.1, 0.15) is 0 Å². The van der Waals surface area contributed by atoms with Gasteiger partial charge in [0.25, 0.3) is 0 Å². The summed E-state index contributed by atoms with van der Waals surface area (Å²) in [5.74, 6) is 0. The summed E-state index contributed by atoms with van der Waals surface area (Å²) in [5, 5.41) is 6.87. The average molecular weight is 274 g/mol. The van der Waals surface area contributed by atoms with E-state index >= 15 is 0 Å². The highest BCUT2D eigenvalue weighted by atomic mass is 32.1. The molecule has 0 aliphatic carbocycles. The molecule has 0 radical (unpaired) electrons. The van der Waals surface area contributed by atoms with Crippen molar-refractivity contribution in [2.45, 2.75) is 38.6 Å². The Kier molecular flexibility index (Phi) is 6.05. The Labute approximate surface area is 119 Å². The minimum Gasteiger partial charge on any atom is -0.314 e. The maximum atomic E-state index is 4.38. The number of benzene rings is 1. The van der Waals surface area contributed by atoms with Crippen molar-refractivity contribution in [3.63, 3.8) is 0 Å². The summed E-state index contributed by atoms with van der Waals surface area (Å²) in [6.45, 7) is 3.20. The fourth-order valence-corrected chi connectivity index (χ4v) is 3.02. The summed E-state index contributed by atoms with van der Waals surface area (Å²) in [4.78, 5) is 4.38. The van der Waals surface area contributed by atoms with Crippen molar-refractivity contribution in [2.75, 3.05) is 6.54 Å². The number of hydrogen-bond donors (Lipinski definition) is 1. The SMILES string of the molecule is CCNC(CCCc1ccccc1)Cc1nccs1. The molecule has 1 atom stereocenters. The molecule has 3 heteroatoms. The zero-order valence-corrected chi connectivity index (χ0v) is 12.3. The van der Waals surface area contributed by atoms with Gasteiger partial charge in [0.2, 0.25) is 0 Å². The maximum absolute atomic E-state index is 4.38. The molecule has 2 nitrogen and oxygen atoms in total. The molecule has 2 rings (SSSR count). The minimum atomic E-state index is 0.555. The molecule has 1 heterocycles. The van der Waals surface area contributed by atoms with Gasteiger partial charge < -0.3 is 5.32 Å². The molecule has 2 aromatic rings. The number of hydrogen-bond acceptors (Lipinski definition) is 3. The Hall–Kier alpha value is -1.19. The summed E-state index contributed by atoms with van der Waals surface area (Å²) in [6.07, 6.45) is 6.56. The van der Waals surface area contributed by atoms with E-state index in [4.69, 9.17) is 0 Å². The fourth-order valence-electron chi connectivity index (χ4n) is 2.33. The first-order chi connectivity index (χ1) is 9.38. The van der Waals surface area contributed by atoms with Gasteiger partial charge in [-0.1, -0.05) is 37.3 Å². The third-order valence-corrected chi connectivity index (χ3v) is 4.06. The molecule has 0 aliphatic rings. The first-order valence-corrected chi connectivity index (χ1v) is 7.92. The van der Waals surface area contributed by atoms with Gasteiger partial charge in [-0.15, -0.1) is 11.3 Å². The normalized spacial score (nSPS) is 12.5. The average Bonchev–Trinajstić information content (AvgIpc) is 2.93. The number of thiazole rings is 1. The molecule has 0 spiro atoms. The second kappa shape index (κ2) is 8.08. The van der Waals surface area contributed by atoms with Crippen molar-refractivity contribution in [3.8, 4) is 0 Å². The van der Waals surface area contributed by atoms with E-state index in [0.717, 1.165) is 13.0 Å². The Morgan fingerprint density at radius 1 is 1.26 bits per heavy atom. The van der Waals surface area contributed by atoms with E-state index < -0.39 is 0 Å². The third kappa shape index (κ3) is 5.13. The van der Waals surface area contributed by atoms with Gasteiger partial charge in [0.15, 0.2) is 0 Å². The first-order valence-electron chi connectivity index (χ1n) is 7.04. The van der Waals surface area contributed by atoms with Gasteiger partial charge in [-0.25, -0.2) is 4.98 Å². The molecule has 0 saturated heterocycles. The van der Waals surface area contributed by atoms with Crippen LogP contribution in [0.4, 0.5) is 0 Å².